The van der Waals surface area contributed by atoms with Crippen LogP contribution in [0.1, 0.15) is 38.5 Å². The summed E-state index contributed by atoms with van der Waals surface area (Å²) in [6.45, 7) is 0.254. The Morgan fingerprint density at radius 3 is 2.37 bits per heavy atom. The zero-order valence-electron chi connectivity index (χ0n) is 10.8. The van der Waals surface area contributed by atoms with E-state index < -0.39 is 18.1 Å². The van der Waals surface area contributed by atoms with Crippen LogP contribution in [0.3, 0.4) is 0 Å². The highest BCUT2D eigenvalue weighted by Gasteiger charge is 2.48. The molecule has 0 amide bonds. The van der Waals surface area contributed by atoms with Gasteiger partial charge in [-0.15, -0.1) is 0 Å². The number of hydrogen-bond acceptors (Lipinski definition) is 3. The van der Waals surface area contributed by atoms with Gasteiger partial charge in [0.2, 0.25) is 0 Å². The molecule has 0 aromatic rings. The molecule has 1 unspecified atom stereocenters. The first-order chi connectivity index (χ1) is 8.95. The Bertz CT molecular complexity index is 345. The summed E-state index contributed by atoms with van der Waals surface area (Å²) in [5, 5.41) is 12.7. The van der Waals surface area contributed by atoms with Crippen molar-refractivity contribution in [2.75, 3.05) is 13.2 Å². The summed E-state index contributed by atoms with van der Waals surface area (Å²) in [7, 11) is 0. The molecule has 1 N–H and O–H groups in total. The Kier molecular flexibility index (Phi) is 4.36. The second-order valence-corrected chi connectivity index (χ2v) is 5.55. The van der Waals surface area contributed by atoms with Crippen LogP contribution in [0.5, 0.6) is 0 Å². The van der Waals surface area contributed by atoms with Gasteiger partial charge in [-0.1, -0.05) is 0 Å². The Labute approximate surface area is 111 Å². The van der Waals surface area contributed by atoms with E-state index in [1.807, 2.05) is 0 Å². The van der Waals surface area contributed by atoms with E-state index in [2.05, 4.69) is 11.4 Å². The fourth-order valence-corrected chi connectivity index (χ4v) is 2.21. The van der Waals surface area contributed by atoms with E-state index in [0.29, 0.717) is 12.0 Å². The van der Waals surface area contributed by atoms with E-state index in [1.165, 1.54) is 0 Å². The van der Waals surface area contributed by atoms with Crippen molar-refractivity contribution in [1.82, 2.24) is 5.32 Å². The minimum Gasteiger partial charge on any atom is -0.378 e. The van der Waals surface area contributed by atoms with Gasteiger partial charge in [0.15, 0.2) is 0 Å². The van der Waals surface area contributed by atoms with Crippen LogP contribution in [0.2, 0.25) is 0 Å². The van der Waals surface area contributed by atoms with Gasteiger partial charge in [-0.05, 0) is 38.0 Å². The average molecular weight is 276 g/mol. The molecule has 3 nitrogen and oxygen atoms in total. The number of nitrogens with zero attached hydrogens (tertiary/aromatic N) is 1. The number of halogens is 3. The lowest BCUT2D eigenvalue weighted by atomic mass is 9.96. The summed E-state index contributed by atoms with van der Waals surface area (Å²) in [5.74, 6) is 0.292. The van der Waals surface area contributed by atoms with Crippen LogP contribution < -0.4 is 5.32 Å². The molecule has 1 atom stereocenters. The molecule has 2 aliphatic rings. The van der Waals surface area contributed by atoms with Crippen LogP contribution in [-0.2, 0) is 4.74 Å². The lowest BCUT2D eigenvalue weighted by molar-refractivity contribution is -0.138. The van der Waals surface area contributed by atoms with Crippen LogP contribution in [0.4, 0.5) is 13.2 Å². The third-order valence-corrected chi connectivity index (χ3v) is 3.59. The molecule has 6 heteroatoms. The molecule has 2 fully saturated rings. The third kappa shape index (κ3) is 4.66. The van der Waals surface area contributed by atoms with Gasteiger partial charge in [-0.25, -0.2) is 0 Å². The van der Waals surface area contributed by atoms with Gasteiger partial charge in [0.05, 0.1) is 12.7 Å². The van der Waals surface area contributed by atoms with Crippen molar-refractivity contribution in [3.63, 3.8) is 0 Å². The van der Waals surface area contributed by atoms with Crippen LogP contribution >= 0.6 is 0 Å². The van der Waals surface area contributed by atoms with Crippen molar-refractivity contribution in [1.29, 1.82) is 5.26 Å². The predicted molar refractivity (Wildman–Crippen MR) is 63.3 cm³/mol. The van der Waals surface area contributed by atoms with E-state index >= 15 is 0 Å². The van der Waals surface area contributed by atoms with Crippen LogP contribution in [0.25, 0.3) is 0 Å². The standard InChI is InChI=1S/C13H19F3N2O/c14-13(15,16)6-1-7-19-9-12(8-17,10-2-3-10)18-11-4-5-11/h10-11,18H,1-7,9H2. The zero-order chi connectivity index (χ0) is 13.9. The summed E-state index contributed by atoms with van der Waals surface area (Å²) < 4.78 is 41.3. The fraction of sp³-hybridized carbons (Fsp3) is 0.923. The number of nitriles is 1. The molecule has 0 saturated heterocycles. The van der Waals surface area contributed by atoms with Gasteiger partial charge < -0.3 is 4.74 Å². The molecule has 2 aliphatic carbocycles. The van der Waals surface area contributed by atoms with Crippen molar-refractivity contribution < 1.29 is 17.9 Å². The van der Waals surface area contributed by atoms with E-state index in [1.54, 1.807) is 0 Å². The quantitative estimate of drug-likeness (QED) is 0.693. The highest BCUT2D eigenvalue weighted by atomic mass is 19.4. The second-order valence-electron chi connectivity index (χ2n) is 5.55. The van der Waals surface area contributed by atoms with Gasteiger partial charge in [0.25, 0.3) is 0 Å². The summed E-state index contributed by atoms with van der Waals surface area (Å²) in [6.07, 6.45) is -0.851. The summed E-state index contributed by atoms with van der Waals surface area (Å²) >= 11 is 0. The minimum atomic E-state index is -4.13. The molecular weight excluding hydrogens is 257 g/mol. The summed E-state index contributed by atoms with van der Waals surface area (Å²) in [5.41, 5.74) is -0.681. The first-order valence-electron chi connectivity index (χ1n) is 6.79. The normalized spacial score (nSPS) is 22.8. The number of hydrogen-bond donors (Lipinski definition) is 1. The molecule has 2 rings (SSSR count). The van der Waals surface area contributed by atoms with E-state index in [9.17, 15) is 18.4 Å². The molecule has 19 heavy (non-hydrogen) atoms. The number of alkyl halides is 3. The second kappa shape index (κ2) is 5.68. The maximum atomic E-state index is 12.0. The Morgan fingerprint density at radius 1 is 1.21 bits per heavy atom. The smallest absolute Gasteiger partial charge is 0.378 e. The molecule has 108 valence electrons. The minimum absolute atomic E-state index is 0.0426. The van der Waals surface area contributed by atoms with Gasteiger partial charge >= 0.3 is 6.18 Å². The lowest BCUT2D eigenvalue weighted by Gasteiger charge is -2.28. The summed E-state index contributed by atoms with van der Waals surface area (Å²) in [6, 6.07) is 2.69. The first kappa shape index (κ1) is 14.6. The number of nitrogens with one attached hydrogen (secondary N) is 1. The molecule has 0 aliphatic heterocycles. The van der Waals surface area contributed by atoms with Gasteiger partial charge in [-0.2, -0.15) is 18.4 Å². The van der Waals surface area contributed by atoms with E-state index in [-0.39, 0.29) is 19.6 Å². The molecular formula is C13H19F3N2O. The molecule has 0 radical (unpaired) electrons. The zero-order valence-corrected chi connectivity index (χ0v) is 10.8. The van der Waals surface area contributed by atoms with Crippen molar-refractivity contribution in [2.24, 2.45) is 5.92 Å². The first-order valence-corrected chi connectivity index (χ1v) is 6.79. The average Bonchev–Trinajstić information content (AvgIpc) is 3.17. The Hall–Kier alpha value is -0.800. The molecule has 0 heterocycles. The summed E-state index contributed by atoms with van der Waals surface area (Å²) in [4.78, 5) is 0. The van der Waals surface area contributed by atoms with Crippen LogP contribution in [-0.4, -0.2) is 31.0 Å². The SMILES string of the molecule is N#CC(COCCCC(F)(F)F)(NC1CC1)C1CC1. The maximum absolute atomic E-state index is 12.0. The highest BCUT2D eigenvalue weighted by Crippen LogP contribution is 2.41. The van der Waals surface area contributed by atoms with Gasteiger partial charge in [0.1, 0.15) is 5.54 Å². The fourth-order valence-electron chi connectivity index (χ4n) is 2.21. The molecule has 0 bridgehead atoms. The third-order valence-electron chi connectivity index (χ3n) is 3.59. The molecule has 0 aromatic carbocycles. The van der Waals surface area contributed by atoms with Crippen molar-refractivity contribution in [3.05, 3.63) is 0 Å². The van der Waals surface area contributed by atoms with Gasteiger partial charge in [-0.3, -0.25) is 5.32 Å². The maximum Gasteiger partial charge on any atom is 0.389 e. The van der Waals surface area contributed by atoms with Crippen molar-refractivity contribution >= 4 is 0 Å². The largest absolute Gasteiger partial charge is 0.389 e. The molecule has 0 aromatic heterocycles. The predicted octanol–water partition coefficient (Wildman–Crippen LogP) is 2.77. The van der Waals surface area contributed by atoms with Crippen molar-refractivity contribution in [3.8, 4) is 6.07 Å². The highest BCUT2D eigenvalue weighted by molar-refractivity contribution is 5.17. The monoisotopic (exact) mass is 276 g/mol. The Morgan fingerprint density at radius 2 is 1.89 bits per heavy atom. The number of rotatable bonds is 8. The van der Waals surface area contributed by atoms with Gasteiger partial charge in [0, 0.05) is 19.1 Å². The van der Waals surface area contributed by atoms with E-state index in [4.69, 9.17) is 4.74 Å². The Balaban J connectivity index is 1.72. The van der Waals surface area contributed by atoms with Crippen LogP contribution in [0.15, 0.2) is 0 Å². The lowest BCUT2D eigenvalue weighted by Crippen LogP contribution is -2.51. The molecule has 2 saturated carbocycles. The van der Waals surface area contributed by atoms with E-state index in [0.717, 1.165) is 25.7 Å². The number of ether oxygens (including phenoxy) is 1. The van der Waals surface area contributed by atoms with Crippen LogP contribution in [0, 0.1) is 17.2 Å². The molecule has 0 spiro atoms. The topological polar surface area (TPSA) is 45.0 Å². The van der Waals surface area contributed by atoms with Crippen molar-refractivity contribution in [2.45, 2.75) is 56.3 Å².